The van der Waals surface area contributed by atoms with Crippen LogP contribution in [-0.4, -0.2) is 53.4 Å². The number of nitrogens with zero attached hydrogens (tertiary/aromatic N) is 3. The topological polar surface area (TPSA) is 59.4 Å². The summed E-state index contributed by atoms with van der Waals surface area (Å²) in [7, 11) is 1.75. The zero-order valence-electron chi connectivity index (χ0n) is 16.2. The highest BCUT2D eigenvalue weighted by atomic mass is 19.1. The van der Waals surface area contributed by atoms with Crippen LogP contribution < -0.4 is 5.32 Å². The van der Waals surface area contributed by atoms with E-state index in [1.165, 1.54) is 37.5 Å². The number of aromatic nitrogens is 2. The van der Waals surface area contributed by atoms with E-state index in [-0.39, 0.29) is 11.9 Å². The number of anilines is 1. The maximum atomic E-state index is 13.3. The maximum Gasteiger partial charge on any atom is 0.255 e. The van der Waals surface area contributed by atoms with Crippen LogP contribution in [0.2, 0.25) is 0 Å². The van der Waals surface area contributed by atoms with Crippen LogP contribution >= 0.6 is 0 Å². The molecule has 2 atom stereocenters. The van der Waals surface area contributed by atoms with Gasteiger partial charge in [0.25, 0.3) is 5.91 Å². The fourth-order valence-electron chi connectivity index (χ4n) is 4.18. The summed E-state index contributed by atoms with van der Waals surface area (Å²) in [5.74, 6) is 0.0521. The van der Waals surface area contributed by atoms with Crippen molar-refractivity contribution in [3.63, 3.8) is 0 Å². The van der Waals surface area contributed by atoms with Crippen LogP contribution in [0.1, 0.15) is 42.1 Å². The SMILES string of the molecule is COC[C@@H]1C[C@H](n2cc(NC(=O)c3cccc(F)c3)cn2)CN1CC1CCC1. The molecule has 1 saturated carbocycles. The summed E-state index contributed by atoms with van der Waals surface area (Å²) in [4.78, 5) is 14.8. The monoisotopic (exact) mass is 386 g/mol. The predicted molar refractivity (Wildman–Crippen MR) is 105 cm³/mol. The number of carbonyl (C=O) groups is 1. The van der Waals surface area contributed by atoms with Crippen molar-refractivity contribution >= 4 is 11.6 Å². The van der Waals surface area contributed by atoms with Crippen LogP contribution in [0, 0.1) is 11.7 Å². The average molecular weight is 386 g/mol. The molecular weight excluding hydrogens is 359 g/mol. The zero-order chi connectivity index (χ0) is 19.5. The largest absolute Gasteiger partial charge is 0.383 e. The molecule has 1 aromatic heterocycles. The van der Waals surface area contributed by atoms with Gasteiger partial charge in [-0.2, -0.15) is 5.10 Å². The quantitative estimate of drug-likeness (QED) is 0.793. The average Bonchev–Trinajstić information content (AvgIpc) is 3.25. The van der Waals surface area contributed by atoms with Gasteiger partial charge in [0.2, 0.25) is 0 Å². The number of halogens is 1. The van der Waals surface area contributed by atoms with E-state index in [2.05, 4.69) is 15.3 Å². The number of benzene rings is 1. The second-order valence-corrected chi connectivity index (χ2v) is 7.92. The highest BCUT2D eigenvalue weighted by molar-refractivity contribution is 6.04. The van der Waals surface area contributed by atoms with Gasteiger partial charge in [-0.25, -0.2) is 4.39 Å². The lowest BCUT2D eigenvalue weighted by Gasteiger charge is -2.33. The minimum Gasteiger partial charge on any atom is -0.383 e. The third-order valence-corrected chi connectivity index (χ3v) is 5.90. The second kappa shape index (κ2) is 8.41. The van der Waals surface area contributed by atoms with Crippen LogP contribution in [0.4, 0.5) is 10.1 Å². The Hall–Kier alpha value is -2.25. The lowest BCUT2D eigenvalue weighted by molar-refractivity contribution is 0.0929. The van der Waals surface area contributed by atoms with Gasteiger partial charge in [-0.15, -0.1) is 0 Å². The summed E-state index contributed by atoms with van der Waals surface area (Å²) in [6.07, 6.45) is 8.51. The molecule has 1 aromatic carbocycles. The number of hydrogen-bond donors (Lipinski definition) is 1. The molecule has 1 saturated heterocycles. The van der Waals surface area contributed by atoms with E-state index in [0.717, 1.165) is 32.0 Å². The standard InChI is InChI=1S/C21H27FN4O2/c1-28-14-20-9-19(13-25(20)11-15-4-2-5-15)26-12-18(10-23-26)24-21(27)16-6-3-7-17(22)8-16/h3,6-8,10,12,15,19-20H,2,4-5,9,11,13-14H2,1H3,(H,24,27)/t19-,20-/m0/s1. The normalized spacial score (nSPS) is 22.9. The Balaban J connectivity index is 1.39. The summed E-state index contributed by atoms with van der Waals surface area (Å²) in [6, 6.07) is 6.34. The Morgan fingerprint density at radius 1 is 1.39 bits per heavy atom. The summed E-state index contributed by atoms with van der Waals surface area (Å²) in [6.45, 7) is 2.81. The molecule has 1 amide bonds. The highest BCUT2D eigenvalue weighted by Crippen LogP contribution is 2.33. The van der Waals surface area contributed by atoms with Gasteiger partial charge in [0.15, 0.2) is 0 Å². The predicted octanol–water partition coefficient (Wildman–Crippen LogP) is 3.34. The molecule has 0 unspecified atom stereocenters. The zero-order valence-corrected chi connectivity index (χ0v) is 16.2. The molecule has 0 radical (unpaired) electrons. The van der Waals surface area contributed by atoms with Crippen LogP contribution in [0.5, 0.6) is 0 Å². The van der Waals surface area contributed by atoms with E-state index in [4.69, 9.17) is 4.74 Å². The van der Waals surface area contributed by atoms with Crippen molar-refractivity contribution in [1.29, 1.82) is 0 Å². The van der Waals surface area contributed by atoms with Gasteiger partial charge in [0, 0.05) is 38.0 Å². The van der Waals surface area contributed by atoms with Crippen molar-refractivity contribution in [3.05, 3.63) is 48.0 Å². The summed E-state index contributed by atoms with van der Waals surface area (Å²) < 4.78 is 20.7. The van der Waals surface area contributed by atoms with Crippen LogP contribution in [0.3, 0.4) is 0 Å². The van der Waals surface area contributed by atoms with Gasteiger partial charge in [-0.1, -0.05) is 12.5 Å². The number of carbonyl (C=O) groups excluding carboxylic acids is 1. The molecule has 0 bridgehead atoms. The lowest BCUT2D eigenvalue weighted by Crippen LogP contribution is -2.38. The molecule has 150 valence electrons. The molecule has 28 heavy (non-hydrogen) atoms. The number of rotatable bonds is 7. The van der Waals surface area contributed by atoms with Crippen molar-refractivity contribution in [2.75, 3.05) is 32.1 Å². The van der Waals surface area contributed by atoms with E-state index in [0.29, 0.717) is 17.3 Å². The molecule has 1 N–H and O–H groups in total. The Labute approximate surface area is 164 Å². The first kappa shape index (κ1) is 19.1. The molecule has 6 nitrogen and oxygen atoms in total. The van der Waals surface area contributed by atoms with Crippen LogP contribution in [-0.2, 0) is 4.74 Å². The van der Waals surface area contributed by atoms with Crippen LogP contribution in [0.25, 0.3) is 0 Å². The van der Waals surface area contributed by atoms with Crippen molar-refractivity contribution in [1.82, 2.24) is 14.7 Å². The van der Waals surface area contributed by atoms with E-state index in [1.54, 1.807) is 19.4 Å². The molecule has 2 heterocycles. The minimum atomic E-state index is -0.426. The third kappa shape index (κ3) is 4.25. The molecular formula is C21H27FN4O2. The first-order chi connectivity index (χ1) is 13.6. The van der Waals surface area contributed by atoms with Crippen molar-refractivity contribution in [2.24, 2.45) is 5.92 Å². The fraction of sp³-hybridized carbons (Fsp3) is 0.524. The maximum absolute atomic E-state index is 13.3. The van der Waals surface area contributed by atoms with E-state index in [9.17, 15) is 9.18 Å². The second-order valence-electron chi connectivity index (χ2n) is 7.92. The Morgan fingerprint density at radius 2 is 2.25 bits per heavy atom. The van der Waals surface area contributed by atoms with E-state index in [1.807, 2.05) is 10.9 Å². The highest BCUT2D eigenvalue weighted by Gasteiger charge is 2.35. The number of hydrogen-bond acceptors (Lipinski definition) is 4. The van der Waals surface area contributed by atoms with Gasteiger partial charge in [0.1, 0.15) is 5.82 Å². The van der Waals surface area contributed by atoms with Gasteiger partial charge in [-0.05, 0) is 43.4 Å². The number of likely N-dealkylation sites (tertiary alicyclic amines) is 1. The summed E-state index contributed by atoms with van der Waals surface area (Å²) >= 11 is 0. The third-order valence-electron chi connectivity index (χ3n) is 5.90. The van der Waals surface area contributed by atoms with Crippen molar-refractivity contribution in [2.45, 2.75) is 37.8 Å². The Kier molecular flexibility index (Phi) is 5.73. The molecule has 1 aliphatic carbocycles. The lowest BCUT2D eigenvalue weighted by atomic mass is 9.85. The molecule has 2 aliphatic rings. The Morgan fingerprint density at radius 3 is 2.96 bits per heavy atom. The molecule has 0 spiro atoms. The number of nitrogens with one attached hydrogen (secondary N) is 1. The van der Waals surface area contributed by atoms with E-state index < -0.39 is 5.82 Å². The first-order valence-electron chi connectivity index (χ1n) is 9.96. The molecule has 7 heteroatoms. The number of amides is 1. The molecule has 2 aromatic rings. The van der Waals surface area contributed by atoms with Crippen molar-refractivity contribution in [3.8, 4) is 0 Å². The summed E-state index contributed by atoms with van der Waals surface area (Å²) in [5.41, 5.74) is 0.912. The fourth-order valence-corrected chi connectivity index (χ4v) is 4.18. The van der Waals surface area contributed by atoms with Crippen molar-refractivity contribution < 1.29 is 13.9 Å². The summed E-state index contributed by atoms with van der Waals surface area (Å²) in [5, 5.41) is 7.27. The van der Waals surface area contributed by atoms with Gasteiger partial charge >= 0.3 is 0 Å². The molecule has 4 rings (SSSR count). The Bertz CT molecular complexity index is 820. The molecule has 1 aliphatic heterocycles. The van der Waals surface area contributed by atoms with Gasteiger partial charge in [0.05, 0.1) is 24.5 Å². The molecule has 2 fully saturated rings. The number of methoxy groups -OCH3 is 1. The van der Waals surface area contributed by atoms with Gasteiger partial charge in [-0.3, -0.25) is 14.4 Å². The minimum absolute atomic E-state index is 0.264. The first-order valence-corrected chi connectivity index (χ1v) is 9.96. The van der Waals surface area contributed by atoms with Crippen LogP contribution in [0.15, 0.2) is 36.7 Å². The van der Waals surface area contributed by atoms with E-state index >= 15 is 0 Å². The number of ether oxygens (including phenoxy) is 1. The van der Waals surface area contributed by atoms with Gasteiger partial charge < -0.3 is 10.1 Å². The smallest absolute Gasteiger partial charge is 0.255 e.